The fraction of sp³-hybridized carbons (Fsp3) is 0.691. The van der Waals surface area contributed by atoms with Gasteiger partial charge in [-0.3, -0.25) is 14.4 Å². The maximum absolute atomic E-state index is 12.8. The normalized spacial score (nSPS) is 12.8. The van der Waals surface area contributed by atoms with Gasteiger partial charge in [0, 0.05) is 19.3 Å². The molecule has 0 spiro atoms. The van der Waals surface area contributed by atoms with Crippen LogP contribution in [0.15, 0.2) is 85.1 Å². The Morgan fingerprint density at radius 1 is 0.344 bits per heavy atom. The summed E-state index contributed by atoms with van der Waals surface area (Å²) in [6.45, 7) is 6.42. The highest BCUT2D eigenvalue weighted by atomic mass is 16.6. The van der Waals surface area contributed by atoms with Crippen LogP contribution in [0.2, 0.25) is 0 Å². The van der Waals surface area contributed by atoms with E-state index in [9.17, 15) is 14.4 Å². The van der Waals surface area contributed by atoms with E-state index in [4.69, 9.17) is 14.2 Å². The van der Waals surface area contributed by atoms with Crippen LogP contribution in [0.3, 0.4) is 0 Å². The first-order valence-corrected chi connectivity index (χ1v) is 25.1. The molecule has 0 amide bonds. The molecule has 0 aliphatic carbocycles. The SMILES string of the molecule is CC/C=C\C/C=C\C/C=C\C/C=C\CCCCCCC(=O)OC[C@H](COC(=O)CCCCCCCCCCCCC)OC(=O)CCCC/C=C\C/C=C\C/C=C\CCCCC. The van der Waals surface area contributed by atoms with Gasteiger partial charge >= 0.3 is 17.9 Å². The zero-order chi connectivity index (χ0) is 44.4. The molecule has 1 atom stereocenters. The van der Waals surface area contributed by atoms with Gasteiger partial charge in [0.2, 0.25) is 0 Å². The quantitative estimate of drug-likeness (QED) is 0.0263. The van der Waals surface area contributed by atoms with E-state index in [0.717, 1.165) is 103 Å². The molecular weight excluding hydrogens is 757 g/mol. The van der Waals surface area contributed by atoms with Gasteiger partial charge in [0.1, 0.15) is 13.2 Å². The topological polar surface area (TPSA) is 78.9 Å². The Labute approximate surface area is 375 Å². The number of esters is 3. The molecule has 0 aromatic heterocycles. The third-order valence-electron chi connectivity index (χ3n) is 10.4. The number of unbranched alkanes of at least 4 members (excludes halogenated alkanes) is 19. The lowest BCUT2D eigenvalue weighted by Gasteiger charge is -2.18. The summed E-state index contributed by atoms with van der Waals surface area (Å²) in [5, 5.41) is 0. The minimum atomic E-state index is -0.804. The molecule has 0 heterocycles. The maximum atomic E-state index is 12.8. The van der Waals surface area contributed by atoms with E-state index in [0.29, 0.717) is 19.3 Å². The number of rotatable bonds is 44. The Bertz CT molecular complexity index is 1200. The third-order valence-corrected chi connectivity index (χ3v) is 10.4. The van der Waals surface area contributed by atoms with Gasteiger partial charge in [-0.1, -0.05) is 196 Å². The summed E-state index contributed by atoms with van der Waals surface area (Å²) < 4.78 is 16.7. The van der Waals surface area contributed by atoms with E-state index in [1.807, 2.05) is 0 Å². The smallest absolute Gasteiger partial charge is 0.306 e. The molecule has 0 fully saturated rings. The van der Waals surface area contributed by atoms with Crippen molar-refractivity contribution in [2.45, 2.75) is 232 Å². The van der Waals surface area contributed by atoms with E-state index in [2.05, 4.69) is 106 Å². The van der Waals surface area contributed by atoms with Crippen molar-refractivity contribution in [2.75, 3.05) is 13.2 Å². The Balaban J connectivity index is 4.48. The van der Waals surface area contributed by atoms with Crippen molar-refractivity contribution in [3.63, 3.8) is 0 Å². The molecule has 6 nitrogen and oxygen atoms in total. The summed E-state index contributed by atoms with van der Waals surface area (Å²) in [4.78, 5) is 37.9. The molecule has 0 aromatic rings. The van der Waals surface area contributed by atoms with Crippen LogP contribution in [0.5, 0.6) is 0 Å². The molecule has 0 unspecified atom stereocenters. The molecule has 0 aliphatic heterocycles. The Hall–Kier alpha value is -3.41. The van der Waals surface area contributed by atoms with Crippen LogP contribution in [0.25, 0.3) is 0 Å². The second-order valence-electron chi connectivity index (χ2n) is 16.3. The summed E-state index contributed by atoms with van der Waals surface area (Å²) in [5.74, 6) is -0.966. The summed E-state index contributed by atoms with van der Waals surface area (Å²) >= 11 is 0. The molecule has 0 aliphatic rings. The van der Waals surface area contributed by atoms with Crippen molar-refractivity contribution in [2.24, 2.45) is 0 Å². The van der Waals surface area contributed by atoms with Crippen molar-refractivity contribution in [3.05, 3.63) is 85.1 Å². The van der Waals surface area contributed by atoms with Crippen LogP contribution in [0, 0.1) is 0 Å². The minimum absolute atomic E-state index is 0.0991. The molecule has 6 heteroatoms. The number of ether oxygens (including phenoxy) is 3. The fourth-order valence-corrected chi connectivity index (χ4v) is 6.61. The first-order chi connectivity index (χ1) is 30.0. The molecular formula is C55H92O6. The second-order valence-corrected chi connectivity index (χ2v) is 16.3. The van der Waals surface area contributed by atoms with E-state index in [-0.39, 0.29) is 37.5 Å². The molecule has 0 bridgehead atoms. The Morgan fingerprint density at radius 3 is 1.07 bits per heavy atom. The van der Waals surface area contributed by atoms with E-state index < -0.39 is 6.10 Å². The van der Waals surface area contributed by atoms with Crippen LogP contribution in [0.4, 0.5) is 0 Å². The van der Waals surface area contributed by atoms with Crippen LogP contribution in [-0.4, -0.2) is 37.2 Å². The second kappa shape index (κ2) is 49.2. The number of hydrogen-bond donors (Lipinski definition) is 0. The van der Waals surface area contributed by atoms with Gasteiger partial charge in [-0.2, -0.15) is 0 Å². The highest BCUT2D eigenvalue weighted by Crippen LogP contribution is 2.13. The van der Waals surface area contributed by atoms with Crippen molar-refractivity contribution >= 4 is 17.9 Å². The maximum Gasteiger partial charge on any atom is 0.306 e. The zero-order valence-corrected chi connectivity index (χ0v) is 39.7. The molecule has 0 aromatic carbocycles. The van der Waals surface area contributed by atoms with Gasteiger partial charge in [-0.05, 0) is 96.3 Å². The van der Waals surface area contributed by atoms with E-state index >= 15 is 0 Å². The van der Waals surface area contributed by atoms with Crippen LogP contribution in [-0.2, 0) is 28.6 Å². The third kappa shape index (κ3) is 47.5. The van der Waals surface area contributed by atoms with Crippen molar-refractivity contribution < 1.29 is 28.6 Å². The van der Waals surface area contributed by atoms with Crippen molar-refractivity contribution in [1.29, 1.82) is 0 Å². The predicted molar refractivity (Wildman–Crippen MR) is 261 cm³/mol. The number of allylic oxidation sites excluding steroid dienone is 14. The zero-order valence-electron chi connectivity index (χ0n) is 39.7. The average Bonchev–Trinajstić information content (AvgIpc) is 3.26. The lowest BCUT2D eigenvalue weighted by atomic mass is 10.1. The largest absolute Gasteiger partial charge is 0.462 e. The van der Waals surface area contributed by atoms with Gasteiger partial charge in [-0.15, -0.1) is 0 Å². The summed E-state index contributed by atoms with van der Waals surface area (Å²) in [7, 11) is 0. The monoisotopic (exact) mass is 849 g/mol. The molecule has 0 radical (unpaired) electrons. The highest BCUT2D eigenvalue weighted by Gasteiger charge is 2.19. The molecule has 348 valence electrons. The van der Waals surface area contributed by atoms with Gasteiger partial charge in [0.15, 0.2) is 6.10 Å². The van der Waals surface area contributed by atoms with Crippen LogP contribution >= 0.6 is 0 Å². The molecule has 0 saturated heterocycles. The first-order valence-electron chi connectivity index (χ1n) is 25.1. The fourth-order valence-electron chi connectivity index (χ4n) is 6.61. The Kier molecular flexibility index (Phi) is 46.5. The predicted octanol–water partition coefficient (Wildman–Crippen LogP) is 16.4. The van der Waals surface area contributed by atoms with E-state index in [1.54, 1.807) is 0 Å². The molecule has 0 N–H and O–H groups in total. The van der Waals surface area contributed by atoms with Gasteiger partial charge in [-0.25, -0.2) is 0 Å². The molecule has 0 saturated carbocycles. The number of carbonyl (C=O) groups excluding carboxylic acids is 3. The highest BCUT2D eigenvalue weighted by molar-refractivity contribution is 5.71. The lowest BCUT2D eigenvalue weighted by Crippen LogP contribution is -2.30. The van der Waals surface area contributed by atoms with Crippen LogP contribution in [0.1, 0.15) is 226 Å². The summed E-state index contributed by atoms with van der Waals surface area (Å²) in [6, 6.07) is 0. The van der Waals surface area contributed by atoms with Crippen LogP contribution < -0.4 is 0 Å². The molecule has 0 rings (SSSR count). The van der Waals surface area contributed by atoms with Gasteiger partial charge in [0.05, 0.1) is 0 Å². The number of hydrogen-bond acceptors (Lipinski definition) is 6. The minimum Gasteiger partial charge on any atom is -0.462 e. The number of carbonyl (C=O) groups is 3. The Morgan fingerprint density at radius 2 is 0.639 bits per heavy atom. The van der Waals surface area contributed by atoms with Gasteiger partial charge < -0.3 is 14.2 Å². The first kappa shape index (κ1) is 57.6. The van der Waals surface area contributed by atoms with E-state index in [1.165, 1.54) is 77.0 Å². The molecule has 61 heavy (non-hydrogen) atoms. The van der Waals surface area contributed by atoms with Crippen molar-refractivity contribution in [1.82, 2.24) is 0 Å². The summed E-state index contributed by atoms with van der Waals surface area (Å²) in [6.07, 6.45) is 62.8. The summed E-state index contributed by atoms with van der Waals surface area (Å²) in [5.41, 5.74) is 0. The standard InChI is InChI=1S/C55H92O6/c1-4-7-10-13-16-19-22-24-26-27-29-30-33-36-39-42-45-48-54(57)60-51-52(50-59-53(56)47-44-41-38-35-32-21-18-15-12-9-6-3)61-55(58)49-46-43-40-37-34-31-28-25-23-20-17-14-11-8-5-2/h7,10,16-17,19-20,24-26,28-30,34,37,52H,4-6,8-9,11-15,18,21-23,27,31-33,35-36,38-51H2,1-3H3/b10-7-,19-16-,20-17-,26-24-,28-25-,30-29-,37-34-/t52-/m0/s1. The van der Waals surface area contributed by atoms with Gasteiger partial charge in [0.25, 0.3) is 0 Å². The average molecular weight is 849 g/mol. The lowest BCUT2D eigenvalue weighted by molar-refractivity contribution is -0.167. The van der Waals surface area contributed by atoms with Crippen molar-refractivity contribution in [3.8, 4) is 0 Å².